The first kappa shape index (κ1) is 10.9. The molecule has 0 aromatic rings. The summed E-state index contributed by atoms with van der Waals surface area (Å²) < 4.78 is 5.38. The number of aliphatic hydroxyl groups excluding tert-OH is 1. The van der Waals surface area contributed by atoms with Gasteiger partial charge in [0.05, 0.1) is 0 Å². The van der Waals surface area contributed by atoms with Crippen molar-refractivity contribution in [1.82, 2.24) is 4.90 Å². The second-order valence-corrected chi connectivity index (χ2v) is 4.48. The van der Waals surface area contributed by atoms with Gasteiger partial charge in [0.1, 0.15) is 6.10 Å². The molecule has 0 aromatic heterocycles. The minimum Gasteiger partial charge on any atom is -0.396 e. The molecular formula is C11H19NO3. The summed E-state index contributed by atoms with van der Waals surface area (Å²) in [6.45, 7) is 2.44. The number of ether oxygens (including phenoxy) is 1. The largest absolute Gasteiger partial charge is 0.396 e. The number of likely N-dealkylation sites (tertiary alicyclic amines) is 1. The monoisotopic (exact) mass is 213 g/mol. The number of hydrogen-bond acceptors (Lipinski definition) is 3. The summed E-state index contributed by atoms with van der Waals surface area (Å²) in [5.41, 5.74) is 0. The number of nitrogens with zero attached hydrogens (tertiary/aromatic N) is 1. The second-order valence-electron chi connectivity index (χ2n) is 4.48. The highest BCUT2D eigenvalue weighted by Crippen LogP contribution is 2.20. The number of amides is 1. The fraction of sp³-hybridized carbons (Fsp3) is 0.909. The number of carbonyl (C=O) groups excluding carboxylic acids is 1. The fourth-order valence-corrected chi connectivity index (χ4v) is 2.39. The van der Waals surface area contributed by atoms with E-state index in [1.165, 1.54) is 0 Å². The standard InChI is InChI=1S/C11H19NO3/c13-8-9-3-1-5-12(7-9)11(14)10-4-2-6-15-10/h9-10,13H,1-8H2/t9-,10-/m0/s1. The van der Waals surface area contributed by atoms with Crippen molar-refractivity contribution in [2.45, 2.75) is 31.8 Å². The topological polar surface area (TPSA) is 49.8 Å². The third kappa shape index (κ3) is 2.49. The maximum absolute atomic E-state index is 12.0. The van der Waals surface area contributed by atoms with Crippen molar-refractivity contribution in [3.05, 3.63) is 0 Å². The van der Waals surface area contributed by atoms with Gasteiger partial charge in [-0.3, -0.25) is 4.79 Å². The van der Waals surface area contributed by atoms with Crippen molar-refractivity contribution in [2.24, 2.45) is 5.92 Å². The van der Waals surface area contributed by atoms with Crippen LogP contribution in [0.1, 0.15) is 25.7 Å². The van der Waals surface area contributed by atoms with Crippen molar-refractivity contribution in [1.29, 1.82) is 0 Å². The van der Waals surface area contributed by atoms with Crippen LogP contribution in [0, 0.1) is 5.92 Å². The molecule has 0 unspecified atom stereocenters. The molecule has 1 N–H and O–H groups in total. The average molecular weight is 213 g/mol. The van der Waals surface area contributed by atoms with Crippen LogP contribution < -0.4 is 0 Å². The van der Waals surface area contributed by atoms with E-state index in [1.54, 1.807) is 0 Å². The minimum absolute atomic E-state index is 0.130. The Morgan fingerprint density at radius 2 is 2.27 bits per heavy atom. The summed E-state index contributed by atoms with van der Waals surface area (Å²) in [6, 6.07) is 0. The lowest BCUT2D eigenvalue weighted by Gasteiger charge is -2.33. The lowest BCUT2D eigenvalue weighted by molar-refractivity contribution is -0.143. The van der Waals surface area contributed by atoms with Gasteiger partial charge in [0.2, 0.25) is 0 Å². The summed E-state index contributed by atoms with van der Waals surface area (Å²) in [7, 11) is 0. The predicted octanol–water partition coefficient (Wildman–Crippen LogP) is 0.396. The highest BCUT2D eigenvalue weighted by Gasteiger charge is 2.31. The molecule has 0 spiro atoms. The number of aliphatic hydroxyl groups is 1. The first-order chi connectivity index (χ1) is 7.31. The Bertz CT molecular complexity index is 226. The van der Waals surface area contributed by atoms with Gasteiger partial charge >= 0.3 is 0 Å². The average Bonchev–Trinajstić information content (AvgIpc) is 2.81. The van der Waals surface area contributed by atoms with E-state index in [-0.39, 0.29) is 24.5 Å². The highest BCUT2D eigenvalue weighted by molar-refractivity contribution is 5.81. The minimum atomic E-state index is -0.206. The Kier molecular flexibility index (Phi) is 3.59. The predicted molar refractivity (Wildman–Crippen MR) is 55.4 cm³/mol. The zero-order valence-corrected chi connectivity index (χ0v) is 9.02. The maximum atomic E-state index is 12.0. The molecule has 1 amide bonds. The molecule has 2 heterocycles. The first-order valence-corrected chi connectivity index (χ1v) is 5.82. The Morgan fingerprint density at radius 3 is 2.93 bits per heavy atom. The number of hydrogen-bond donors (Lipinski definition) is 1. The van der Waals surface area contributed by atoms with Crippen LogP contribution in [-0.4, -0.2) is 48.3 Å². The van der Waals surface area contributed by atoms with Crippen LogP contribution in [0.4, 0.5) is 0 Å². The lowest BCUT2D eigenvalue weighted by atomic mass is 9.98. The summed E-state index contributed by atoms with van der Waals surface area (Å²) in [5.74, 6) is 0.398. The number of rotatable bonds is 2. The van der Waals surface area contributed by atoms with Crippen LogP contribution in [0.15, 0.2) is 0 Å². The summed E-state index contributed by atoms with van der Waals surface area (Å²) in [6.07, 6.45) is 3.69. The van der Waals surface area contributed by atoms with Crippen molar-refractivity contribution in [3.8, 4) is 0 Å². The molecule has 2 aliphatic rings. The van der Waals surface area contributed by atoms with Gasteiger partial charge in [-0.2, -0.15) is 0 Å². The Labute approximate surface area is 90.2 Å². The molecule has 2 aliphatic heterocycles. The number of carbonyl (C=O) groups is 1. The SMILES string of the molecule is O=C([C@@H]1CCCO1)N1CCC[C@H](CO)C1. The molecule has 2 fully saturated rings. The zero-order valence-electron chi connectivity index (χ0n) is 9.02. The molecule has 0 aliphatic carbocycles. The van der Waals surface area contributed by atoms with Crippen molar-refractivity contribution < 1.29 is 14.6 Å². The van der Waals surface area contributed by atoms with E-state index in [9.17, 15) is 4.79 Å². The van der Waals surface area contributed by atoms with Gasteiger partial charge in [-0.05, 0) is 31.6 Å². The summed E-state index contributed by atoms with van der Waals surface area (Å²) in [4.78, 5) is 13.8. The first-order valence-electron chi connectivity index (χ1n) is 5.82. The van der Waals surface area contributed by atoms with Crippen LogP contribution in [0.2, 0.25) is 0 Å². The van der Waals surface area contributed by atoms with E-state index >= 15 is 0 Å². The van der Waals surface area contributed by atoms with Crippen LogP contribution in [-0.2, 0) is 9.53 Å². The van der Waals surface area contributed by atoms with Gasteiger partial charge in [-0.25, -0.2) is 0 Å². The maximum Gasteiger partial charge on any atom is 0.251 e. The van der Waals surface area contributed by atoms with E-state index in [2.05, 4.69) is 0 Å². The van der Waals surface area contributed by atoms with Crippen molar-refractivity contribution in [2.75, 3.05) is 26.3 Å². The number of piperidine rings is 1. The van der Waals surface area contributed by atoms with E-state index in [0.29, 0.717) is 13.2 Å². The second kappa shape index (κ2) is 4.94. The normalized spacial score (nSPS) is 31.9. The molecule has 0 aromatic carbocycles. The molecule has 0 bridgehead atoms. The van der Waals surface area contributed by atoms with Gasteiger partial charge < -0.3 is 14.7 Å². The van der Waals surface area contributed by atoms with E-state index in [1.807, 2.05) is 4.90 Å². The van der Waals surface area contributed by atoms with Crippen LogP contribution >= 0.6 is 0 Å². The summed E-state index contributed by atoms with van der Waals surface area (Å²) >= 11 is 0. The lowest BCUT2D eigenvalue weighted by Crippen LogP contribution is -2.45. The van der Waals surface area contributed by atoms with Gasteiger partial charge in [-0.1, -0.05) is 0 Å². The molecule has 4 heteroatoms. The molecule has 86 valence electrons. The van der Waals surface area contributed by atoms with Crippen LogP contribution in [0.5, 0.6) is 0 Å². The highest BCUT2D eigenvalue weighted by atomic mass is 16.5. The third-order valence-corrected chi connectivity index (χ3v) is 3.29. The molecule has 15 heavy (non-hydrogen) atoms. The molecule has 2 saturated heterocycles. The molecule has 0 radical (unpaired) electrons. The molecule has 2 rings (SSSR count). The van der Waals surface area contributed by atoms with Gasteiger partial charge in [0.15, 0.2) is 0 Å². The zero-order chi connectivity index (χ0) is 10.7. The van der Waals surface area contributed by atoms with E-state index < -0.39 is 0 Å². The molecule has 4 nitrogen and oxygen atoms in total. The quantitative estimate of drug-likeness (QED) is 0.722. The Hall–Kier alpha value is -0.610. The van der Waals surface area contributed by atoms with Crippen LogP contribution in [0.25, 0.3) is 0 Å². The van der Waals surface area contributed by atoms with Crippen molar-refractivity contribution >= 4 is 5.91 Å². The van der Waals surface area contributed by atoms with Gasteiger partial charge in [0, 0.05) is 26.3 Å². The van der Waals surface area contributed by atoms with Gasteiger partial charge in [0.25, 0.3) is 5.91 Å². The fourth-order valence-electron chi connectivity index (χ4n) is 2.39. The van der Waals surface area contributed by atoms with Crippen molar-refractivity contribution in [3.63, 3.8) is 0 Å². The van der Waals surface area contributed by atoms with E-state index in [4.69, 9.17) is 9.84 Å². The van der Waals surface area contributed by atoms with Crippen LogP contribution in [0.3, 0.4) is 0 Å². The Balaban J connectivity index is 1.88. The molecular weight excluding hydrogens is 194 g/mol. The Morgan fingerprint density at radius 1 is 1.40 bits per heavy atom. The van der Waals surface area contributed by atoms with E-state index in [0.717, 1.165) is 32.2 Å². The summed E-state index contributed by atoms with van der Waals surface area (Å²) in [5, 5.41) is 9.09. The smallest absolute Gasteiger partial charge is 0.251 e. The molecule has 0 saturated carbocycles. The molecule has 2 atom stereocenters. The third-order valence-electron chi connectivity index (χ3n) is 3.29. The van der Waals surface area contributed by atoms with Gasteiger partial charge in [-0.15, -0.1) is 0 Å².